The minimum Gasteiger partial charge on any atom is -0.478 e. The van der Waals surface area contributed by atoms with Crippen LogP contribution in [0, 0.1) is 0 Å². The van der Waals surface area contributed by atoms with E-state index in [1.165, 1.54) is 0 Å². The zero-order chi connectivity index (χ0) is 15.2. The van der Waals surface area contributed by atoms with Gasteiger partial charge in [-0.3, -0.25) is 4.90 Å². The predicted octanol–water partition coefficient (Wildman–Crippen LogP) is 2.55. The summed E-state index contributed by atoms with van der Waals surface area (Å²) in [7, 11) is 1.93. The van der Waals surface area contributed by atoms with Gasteiger partial charge in [-0.05, 0) is 30.3 Å². The van der Waals surface area contributed by atoms with Crippen molar-refractivity contribution in [1.29, 1.82) is 0 Å². The predicted molar refractivity (Wildman–Crippen MR) is 81.1 cm³/mol. The lowest BCUT2D eigenvalue weighted by Crippen LogP contribution is -2.24. The van der Waals surface area contributed by atoms with Gasteiger partial charge in [0, 0.05) is 13.1 Å². The molecule has 0 saturated heterocycles. The van der Waals surface area contributed by atoms with E-state index in [2.05, 4.69) is 0 Å². The number of likely N-dealkylation sites (N-methyl/N-ethyl adjacent to an activating group) is 1. The molecule has 0 fully saturated rings. The molecule has 2 N–H and O–H groups in total. The molecule has 110 valence electrons. The fourth-order valence-electron chi connectivity index (χ4n) is 2.20. The maximum atomic E-state index is 10.8. The first kappa shape index (κ1) is 15.2. The normalized spacial score (nSPS) is 12.3. The number of rotatable bonds is 6. The van der Waals surface area contributed by atoms with Crippen LogP contribution >= 0.6 is 0 Å². The first-order chi connectivity index (χ1) is 10.1. The van der Waals surface area contributed by atoms with E-state index in [4.69, 9.17) is 5.11 Å². The van der Waals surface area contributed by atoms with Crippen LogP contribution in [0.5, 0.6) is 0 Å². The minimum absolute atomic E-state index is 0.283. The summed E-state index contributed by atoms with van der Waals surface area (Å²) in [4.78, 5) is 12.8. The number of nitrogens with zero attached hydrogens (tertiary/aromatic N) is 1. The Kier molecular flexibility index (Phi) is 5.09. The summed E-state index contributed by atoms with van der Waals surface area (Å²) in [5.74, 6) is -0.922. The van der Waals surface area contributed by atoms with E-state index in [1.54, 1.807) is 24.3 Å². The summed E-state index contributed by atoms with van der Waals surface area (Å²) < 4.78 is 0. The monoisotopic (exact) mass is 285 g/mol. The number of carboxylic acids is 1. The van der Waals surface area contributed by atoms with Crippen molar-refractivity contribution in [1.82, 2.24) is 4.90 Å². The molecule has 0 aliphatic rings. The fraction of sp³-hybridized carbons (Fsp3) is 0.235. The average molecular weight is 285 g/mol. The van der Waals surface area contributed by atoms with E-state index in [0.29, 0.717) is 13.1 Å². The fourth-order valence-corrected chi connectivity index (χ4v) is 2.20. The van der Waals surface area contributed by atoms with Crippen molar-refractivity contribution < 1.29 is 15.0 Å². The molecule has 21 heavy (non-hydrogen) atoms. The number of benzene rings is 2. The van der Waals surface area contributed by atoms with Gasteiger partial charge in [-0.1, -0.05) is 42.5 Å². The molecule has 1 atom stereocenters. The molecule has 0 saturated carbocycles. The van der Waals surface area contributed by atoms with E-state index >= 15 is 0 Å². The summed E-state index contributed by atoms with van der Waals surface area (Å²) in [6.45, 7) is 1.18. The highest BCUT2D eigenvalue weighted by atomic mass is 16.4. The molecular formula is C17H19NO3. The first-order valence-electron chi connectivity index (χ1n) is 6.80. The maximum absolute atomic E-state index is 10.8. The van der Waals surface area contributed by atoms with Crippen LogP contribution < -0.4 is 0 Å². The van der Waals surface area contributed by atoms with Crippen molar-refractivity contribution in [2.75, 3.05) is 13.6 Å². The Bertz CT molecular complexity index is 581. The molecule has 0 spiro atoms. The second kappa shape index (κ2) is 7.02. The summed E-state index contributed by atoms with van der Waals surface area (Å²) in [6.07, 6.45) is -0.533. The standard InChI is InChI=1S/C17H19NO3/c1-18(12-16(19)14-5-3-2-4-6-14)11-13-7-9-15(10-8-13)17(20)21/h2-10,16,19H,11-12H2,1H3,(H,20,21). The van der Waals surface area contributed by atoms with Gasteiger partial charge in [0.15, 0.2) is 0 Å². The Labute approximate surface area is 124 Å². The highest BCUT2D eigenvalue weighted by molar-refractivity contribution is 5.87. The van der Waals surface area contributed by atoms with Crippen LogP contribution in [0.15, 0.2) is 54.6 Å². The molecule has 2 aromatic rings. The molecule has 0 heterocycles. The van der Waals surface area contributed by atoms with Gasteiger partial charge in [-0.15, -0.1) is 0 Å². The number of carboxylic acid groups (broad SMARTS) is 1. The topological polar surface area (TPSA) is 60.8 Å². The van der Waals surface area contributed by atoms with E-state index in [1.807, 2.05) is 42.3 Å². The smallest absolute Gasteiger partial charge is 0.335 e. The lowest BCUT2D eigenvalue weighted by Gasteiger charge is -2.21. The number of hydrogen-bond donors (Lipinski definition) is 2. The molecule has 1 unspecified atom stereocenters. The summed E-state index contributed by atoms with van der Waals surface area (Å²) in [5, 5.41) is 19.0. The Morgan fingerprint density at radius 1 is 1.10 bits per heavy atom. The van der Waals surface area contributed by atoms with Crippen LogP contribution in [0.3, 0.4) is 0 Å². The van der Waals surface area contributed by atoms with E-state index in [-0.39, 0.29) is 5.56 Å². The van der Waals surface area contributed by atoms with Gasteiger partial charge >= 0.3 is 5.97 Å². The van der Waals surface area contributed by atoms with Gasteiger partial charge in [0.25, 0.3) is 0 Å². The zero-order valence-electron chi connectivity index (χ0n) is 11.9. The first-order valence-corrected chi connectivity index (χ1v) is 6.80. The molecular weight excluding hydrogens is 266 g/mol. The minimum atomic E-state index is -0.922. The largest absolute Gasteiger partial charge is 0.478 e. The second-order valence-corrected chi connectivity index (χ2v) is 5.13. The van der Waals surface area contributed by atoms with Gasteiger partial charge in [0.2, 0.25) is 0 Å². The van der Waals surface area contributed by atoms with Crippen molar-refractivity contribution >= 4 is 5.97 Å². The Morgan fingerprint density at radius 2 is 1.71 bits per heavy atom. The molecule has 0 amide bonds. The summed E-state index contributed by atoms with van der Waals surface area (Å²) >= 11 is 0. The van der Waals surface area contributed by atoms with Crippen LogP contribution in [0.25, 0.3) is 0 Å². The van der Waals surface area contributed by atoms with Gasteiger partial charge in [0.1, 0.15) is 0 Å². The van der Waals surface area contributed by atoms with E-state index in [0.717, 1.165) is 11.1 Å². The third-order valence-electron chi connectivity index (χ3n) is 3.32. The molecule has 0 radical (unpaired) electrons. The van der Waals surface area contributed by atoms with E-state index < -0.39 is 12.1 Å². The van der Waals surface area contributed by atoms with Crippen molar-refractivity contribution in [3.8, 4) is 0 Å². The number of aromatic carboxylic acids is 1. The molecule has 2 rings (SSSR count). The van der Waals surface area contributed by atoms with E-state index in [9.17, 15) is 9.90 Å². The van der Waals surface area contributed by atoms with Crippen LogP contribution in [0.1, 0.15) is 27.6 Å². The quantitative estimate of drug-likeness (QED) is 0.856. The third kappa shape index (κ3) is 4.41. The zero-order valence-corrected chi connectivity index (χ0v) is 11.9. The highest BCUT2D eigenvalue weighted by Gasteiger charge is 2.11. The lowest BCUT2D eigenvalue weighted by molar-refractivity contribution is 0.0697. The Morgan fingerprint density at radius 3 is 2.29 bits per heavy atom. The molecule has 0 aromatic heterocycles. The van der Waals surface area contributed by atoms with Crippen molar-refractivity contribution in [3.63, 3.8) is 0 Å². The van der Waals surface area contributed by atoms with Gasteiger partial charge in [-0.25, -0.2) is 4.79 Å². The molecule has 0 aliphatic heterocycles. The van der Waals surface area contributed by atoms with Crippen LogP contribution in [-0.2, 0) is 6.54 Å². The van der Waals surface area contributed by atoms with Gasteiger partial charge in [-0.2, -0.15) is 0 Å². The van der Waals surface area contributed by atoms with Crippen molar-refractivity contribution in [3.05, 3.63) is 71.3 Å². The number of hydrogen-bond acceptors (Lipinski definition) is 3. The third-order valence-corrected chi connectivity index (χ3v) is 3.32. The summed E-state index contributed by atoms with van der Waals surface area (Å²) in [5.41, 5.74) is 2.19. The Balaban J connectivity index is 1.92. The molecule has 0 aliphatic carbocycles. The SMILES string of the molecule is CN(Cc1ccc(C(=O)O)cc1)CC(O)c1ccccc1. The number of carbonyl (C=O) groups is 1. The van der Waals surface area contributed by atoms with Gasteiger partial charge in [0.05, 0.1) is 11.7 Å². The number of aliphatic hydroxyl groups is 1. The highest BCUT2D eigenvalue weighted by Crippen LogP contribution is 2.14. The average Bonchev–Trinajstić information content (AvgIpc) is 2.48. The number of aliphatic hydroxyl groups excluding tert-OH is 1. The molecule has 0 bridgehead atoms. The second-order valence-electron chi connectivity index (χ2n) is 5.13. The van der Waals surface area contributed by atoms with Crippen molar-refractivity contribution in [2.45, 2.75) is 12.6 Å². The lowest BCUT2D eigenvalue weighted by atomic mass is 10.1. The van der Waals surface area contributed by atoms with Gasteiger partial charge < -0.3 is 10.2 Å². The molecule has 2 aromatic carbocycles. The summed E-state index contributed by atoms with van der Waals surface area (Å²) in [6, 6.07) is 16.3. The molecule has 4 heteroatoms. The van der Waals surface area contributed by atoms with Crippen molar-refractivity contribution in [2.24, 2.45) is 0 Å². The maximum Gasteiger partial charge on any atom is 0.335 e. The molecule has 4 nitrogen and oxygen atoms in total. The van der Waals surface area contributed by atoms with Crippen LogP contribution in [0.4, 0.5) is 0 Å². The van der Waals surface area contributed by atoms with Crippen LogP contribution in [-0.4, -0.2) is 34.7 Å². The Hall–Kier alpha value is -2.17. The van der Waals surface area contributed by atoms with Crippen LogP contribution in [0.2, 0.25) is 0 Å².